The largest absolute Gasteiger partial charge is 0.467 e. The minimum absolute atomic E-state index is 0.128. The van der Waals surface area contributed by atoms with Crippen molar-refractivity contribution in [2.24, 2.45) is 11.8 Å². The van der Waals surface area contributed by atoms with Gasteiger partial charge in [0, 0.05) is 13.7 Å². The molecule has 5 unspecified atom stereocenters. The van der Waals surface area contributed by atoms with Gasteiger partial charge in [-0.15, -0.1) is 0 Å². The van der Waals surface area contributed by atoms with E-state index >= 15 is 0 Å². The van der Waals surface area contributed by atoms with Crippen molar-refractivity contribution in [3.05, 3.63) is 24.3 Å². The summed E-state index contributed by atoms with van der Waals surface area (Å²) in [6.07, 6.45) is 11.4. The fourth-order valence-corrected chi connectivity index (χ4v) is 3.91. The van der Waals surface area contributed by atoms with Gasteiger partial charge >= 0.3 is 5.97 Å². The lowest BCUT2D eigenvalue weighted by atomic mass is 9.91. The summed E-state index contributed by atoms with van der Waals surface area (Å²) < 4.78 is 10.4. The van der Waals surface area contributed by atoms with E-state index in [1.807, 2.05) is 24.3 Å². The van der Waals surface area contributed by atoms with Gasteiger partial charge in [0.1, 0.15) is 6.04 Å². The fourth-order valence-electron chi connectivity index (χ4n) is 3.91. The number of ether oxygens (including phenoxy) is 2. The second kappa shape index (κ2) is 10.3. The third kappa shape index (κ3) is 5.42. The van der Waals surface area contributed by atoms with Crippen molar-refractivity contribution < 1.29 is 23.9 Å². The maximum atomic E-state index is 12.8. The number of carbonyl (C=O) groups is 3. The first-order valence-electron chi connectivity index (χ1n) is 9.47. The smallest absolute Gasteiger partial charge is 0.328 e. The van der Waals surface area contributed by atoms with E-state index in [4.69, 9.17) is 9.47 Å². The van der Waals surface area contributed by atoms with Gasteiger partial charge in [0.05, 0.1) is 25.2 Å². The van der Waals surface area contributed by atoms with Crippen LogP contribution in [0.3, 0.4) is 0 Å². The van der Waals surface area contributed by atoms with Gasteiger partial charge in [-0.2, -0.15) is 0 Å². The fraction of sp³-hybridized carbons (Fsp3) is 0.650. The lowest BCUT2D eigenvalue weighted by Crippen LogP contribution is -2.51. The first-order valence-corrected chi connectivity index (χ1v) is 9.47. The van der Waals surface area contributed by atoms with E-state index in [1.54, 1.807) is 18.9 Å². The molecule has 2 aliphatic rings. The highest BCUT2D eigenvalue weighted by Gasteiger charge is 2.38. The second-order valence-electron chi connectivity index (χ2n) is 7.17. The SMILES string of the molecule is COC(=O)C(CC1C=CC=CC1)NC(=O)C(C)C(OC)C1CCCN1C=O. The maximum absolute atomic E-state index is 12.8. The Labute approximate surface area is 160 Å². The van der Waals surface area contributed by atoms with Crippen LogP contribution < -0.4 is 5.32 Å². The third-order valence-corrected chi connectivity index (χ3v) is 5.45. The van der Waals surface area contributed by atoms with Gasteiger partial charge in [0.2, 0.25) is 12.3 Å². The van der Waals surface area contributed by atoms with E-state index in [-0.39, 0.29) is 17.9 Å². The van der Waals surface area contributed by atoms with Crippen LogP contribution in [-0.4, -0.2) is 62.1 Å². The lowest BCUT2D eigenvalue weighted by molar-refractivity contribution is -0.147. The number of esters is 1. The Hall–Kier alpha value is -2.15. The Kier molecular flexibility index (Phi) is 8.03. The Bertz CT molecular complexity index is 589. The third-order valence-electron chi connectivity index (χ3n) is 5.45. The molecule has 27 heavy (non-hydrogen) atoms. The first-order chi connectivity index (χ1) is 13.0. The van der Waals surface area contributed by atoms with Gasteiger partial charge < -0.3 is 19.7 Å². The van der Waals surface area contributed by atoms with Crippen LogP contribution in [0.4, 0.5) is 0 Å². The van der Waals surface area contributed by atoms with Crippen LogP contribution in [0.2, 0.25) is 0 Å². The van der Waals surface area contributed by atoms with Crippen molar-refractivity contribution in [3.63, 3.8) is 0 Å². The van der Waals surface area contributed by atoms with Crippen molar-refractivity contribution in [1.82, 2.24) is 10.2 Å². The Morgan fingerprint density at radius 3 is 2.70 bits per heavy atom. The quantitative estimate of drug-likeness (QED) is 0.485. The van der Waals surface area contributed by atoms with Crippen molar-refractivity contribution in [2.45, 2.75) is 50.8 Å². The van der Waals surface area contributed by atoms with E-state index < -0.39 is 24.0 Å². The number of likely N-dealkylation sites (tertiary alicyclic amines) is 1. The summed E-state index contributed by atoms with van der Waals surface area (Å²) in [6, 6.07) is -0.842. The van der Waals surface area contributed by atoms with Crippen molar-refractivity contribution in [2.75, 3.05) is 20.8 Å². The van der Waals surface area contributed by atoms with Gasteiger partial charge in [0.25, 0.3) is 0 Å². The molecule has 0 spiro atoms. The summed E-state index contributed by atoms with van der Waals surface area (Å²) in [5, 5.41) is 2.83. The molecule has 0 saturated carbocycles. The van der Waals surface area contributed by atoms with Crippen LogP contribution in [0, 0.1) is 11.8 Å². The van der Waals surface area contributed by atoms with Gasteiger partial charge in [-0.05, 0) is 31.6 Å². The van der Waals surface area contributed by atoms with E-state index in [0.717, 1.165) is 25.7 Å². The zero-order chi connectivity index (χ0) is 19.8. The predicted octanol–water partition coefficient (Wildman–Crippen LogP) is 1.44. The monoisotopic (exact) mass is 378 g/mol. The normalized spacial score (nSPS) is 24.9. The minimum atomic E-state index is -0.714. The zero-order valence-corrected chi connectivity index (χ0v) is 16.3. The standard InChI is InChI=1S/C20H30N2O5/c1-14(18(26-2)17-10-7-11-22(17)13-23)19(24)21-16(20(25)27-3)12-15-8-5-4-6-9-15/h4-6,8,13-18H,7,9-12H2,1-3H3,(H,21,24). The summed E-state index contributed by atoms with van der Waals surface area (Å²) in [4.78, 5) is 37.9. The zero-order valence-electron chi connectivity index (χ0n) is 16.3. The summed E-state index contributed by atoms with van der Waals surface area (Å²) in [7, 11) is 2.87. The first kappa shape index (κ1) is 21.2. The molecule has 1 saturated heterocycles. The summed E-state index contributed by atoms with van der Waals surface area (Å²) in [5.74, 6) is -1.06. The van der Waals surface area contributed by atoms with Gasteiger partial charge in [-0.1, -0.05) is 31.2 Å². The lowest BCUT2D eigenvalue weighted by Gasteiger charge is -2.32. The van der Waals surface area contributed by atoms with Crippen LogP contribution in [0.15, 0.2) is 24.3 Å². The highest BCUT2D eigenvalue weighted by Crippen LogP contribution is 2.25. The number of methoxy groups -OCH3 is 2. The topological polar surface area (TPSA) is 84.9 Å². The molecular weight excluding hydrogens is 348 g/mol. The number of rotatable bonds is 9. The molecule has 1 heterocycles. The van der Waals surface area contributed by atoms with Crippen LogP contribution in [0.1, 0.15) is 32.6 Å². The van der Waals surface area contributed by atoms with Gasteiger partial charge in [-0.3, -0.25) is 9.59 Å². The molecule has 0 radical (unpaired) electrons. The molecule has 0 aromatic rings. The molecule has 0 aromatic carbocycles. The van der Waals surface area contributed by atoms with Crippen LogP contribution in [0.25, 0.3) is 0 Å². The van der Waals surface area contributed by atoms with Crippen LogP contribution >= 0.6 is 0 Å². The maximum Gasteiger partial charge on any atom is 0.328 e. The minimum Gasteiger partial charge on any atom is -0.467 e. The van der Waals surface area contributed by atoms with Crippen LogP contribution in [0.5, 0.6) is 0 Å². The summed E-state index contributed by atoms with van der Waals surface area (Å²) in [5.41, 5.74) is 0. The molecule has 1 aliphatic carbocycles. The number of nitrogens with zero attached hydrogens (tertiary/aromatic N) is 1. The molecule has 2 amide bonds. The average Bonchev–Trinajstić information content (AvgIpc) is 3.16. The van der Waals surface area contributed by atoms with E-state index in [1.165, 1.54) is 7.11 Å². The van der Waals surface area contributed by atoms with Crippen LogP contribution in [-0.2, 0) is 23.9 Å². The molecular formula is C20H30N2O5. The number of carbonyl (C=O) groups excluding carboxylic acids is 3. The predicted molar refractivity (Wildman–Crippen MR) is 101 cm³/mol. The molecule has 1 fully saturated rings. The summed E-state index contributed by atoms with van der Waals surface area (Å²) >= 11 is 0. The molecule has 2 rings (SSSR count). The number of hydrogen-bond acceptors (Lipinski definition) is 5. The molecule has 1 aliphatic heterocycles. The van der Waals surface area contributed by atoms with Gasteiger partial charge in [-0.25, -0.2) is 4.79 Å². The highest BCUT2D eigenvalue weighted by molar-refractivity contribution is 5.86. The number of allylic oxidation sites excluding steroid dienone is 4. The Morgan fingerprint density at radius 2 is 2.11 bits per heavy atom. The van der Waals surface area contributed by atoms with Gasteiger partial charge in [0.15, 0.2) is 0 Å². The van der Waals surface area contributed by atoms with E-state index in [9.17, 15) is 14.4 Å². The molecule has 150 valence electrons. The molecule has 5 atom stereocenters. The number of nitrogens with one attached hydrogen (secondary N) is 1. The van der Waals surface area contributed by atoms with E-state index in [0.29, 0.717) is 13.0 Å². The Morgan fingerprint density at radius 1 is 1.33 bits per heavy atom. The Balaban J connectivity index is 2.03. The molecule has 1 N–H and O–H groups in total. The number of amides is 2. The highest BCUT2D eigenvalue weighted by atomic mass is 16.5. The molecule has 0 aromatic heterocycles. The molecule has 7 nitrogen and oxygen atoms in total. The average molecular weight is 378 g/mol. The molecule has 7 heteroatoms. The number of hydrogen-bond donors (Lipinski definition) is 1. The van der Waals surface area contributed by atoms with Crippen molar-refractivity contribution in [1.29, 1.82) is 0 Å². The van der Waals surface area contributed by atoms with Crippen molar-refractivity contribution >= 4 is 18.3 Å². The second-order valence-corrected chi connectivity index (χ2v) is 7.17. The molecule has 0 bridgehead atoms. The van der Waals surface area contributed by atoms with E-state index in [2.05, 4.69) is 5.32 Å². The summed E-state index contributed by atoms with van der Waals surface area (Å²) in [6.45, 7) is 2.44. The van der Waals surface area contributed by atoms with Crippen molar-refractivity contribution in [3.8, 4) is 0 Å².